The smallest absolute Gasteiger partial charge is 0.212 e. The average Bonchev–Trinajstić information content (AvgIpc) is 2.60. The van der Waals surface area contributed by atoms with Crippen molar-refractivity contribution in [3.63, 3.8) is 0 Å². The van der Waals surface area contributed by atoms with Crippen LogP contribution in [0.5, 0.6) is 0 Å². The minimum absolute atomic E-state index is 0. The van der Waals surface area contributed by atoms with E-state index in [2.05, 4.69) is 66.1 Å². The van der Waals surface area contributed by atoms with Crippen LogP contribution in [0, 0.1) is 0 Å². The topological polar surface area (TPSA) is 3.88 Å². The van der Waals surface area contributed by atoms with E-state index in [9.17, 15) is 0 Å². The number of para-hydroxylation sites is 2. The number of benzene rings is 2. The summed E-state index contributed by atoms with van der Waals surface area (Å²) in [7, 11) is 0. The van der Waals surface area contributed by atoms with Gasteiger partial charge in [-0.05, 0) is 24.6 Å². The highest BCUT2D eigenvalue weighted by molar-refractivity contribution is 5.88. The Hall–Kier alpha value is -1.16. The fourth-order valence-corrected chi connectivity index (χ4v) is 3.48. The van der Waals surface area contributed by atoms with E-state index >= 15 is 0 Å². The van der Waals surface area contributed by atoms with Crippen molar-refractivity contribution >= 4 is 21.8 Å². The summed E-state index contributed by atoms with van der Waals surface area (Å²) >= 11 is 0. The summed E-state index contributed by atoms with van der Waals surface area (Å²) in [5, 5.41) is 2.68. The third-order valence-electron chi connectivity index (χ3n) is 4.75. The van der Waals surface area contributed by atoms with Crippen LogP contribution in [0.1, 0.15) is 51.9 Å². The van der Waals surface area contributed by atoms with Crippen LogP contribution in [0.15, 0.2) is 54.6 Å². The first-order valence-corrected chi connectivity index (χ1v) is 9.20. The number of unbranched alkanes of at least 4 members (excludes halogenated alkanes) is 6. The van der Waals surface area contributed by atoms with Gasteiger partial charge in [-0.1, -0.05) is 63.3 Å². The lowest BCUT2D eigenvalue weighted by molar-refractivity contribution is -0.645. The molecule has 0 spiro atoms. The summed E-state index contributed by atoms with van der Waals surface area (Å²) in [6, 6.07) is 19.8. The van der Waals surface area contributed by atoms with Crippen molar-refractivity contribution in [3.8, 4) is 0 Å². The highest BCUT2D eigenvalue weighted by atomic mass is 127. The van der Waals surface area contributed by atoms with Crippen LogP contribution in [-0.4, -0.2) is 0 Å². The first-order chi connectivity index (χ1) is 11.4. The Morgan fingerprint density at radius 3 is 1.75 bits per heavy atom. The van der Waals surface area contributed by atoms with Gasteiger partial charge in [0.15, 0.2) is 0 Å². The van der Waals surface area contributed by atoms with Gasteiger partial charge in [0.2, 0.25) is 11.0 Å². The summed E-state index contributed by atoms with van der Waals surface area (Å²) in [6.07, 6.45) is 9.52. The molecular formula is C22H28IN. The summed E-state index contributed by atoms with van der Waals surface area (Å²) in [5.41, 5.74) is 2.72. The summed E-state index contributed by atoms with van der Waals surface area (Å²) < 4.78 is 2.51. The molecule has 0 atom stereocenters. The first kappa shape index (κ1) is 19.2. The third kappa shape index (κ3) is 4.69. The van der Waals surface area contributed by atoms with Gasteiger partial charge in [-0.3, -0.25) is 0 Å². The molecule has 1 heterocycles. The van der Waals surface area contributed by atoms with E-state index < -0.39 is 0 Å². The molecule has 128 valence electrons. The molecule has 0 aliphatic rings. The van der Waals surface area contributed by atoms with Crippen molar-refractivity contribution in [2.45, 2.75) is 58.4 Å². The molecule has 3 rings (SSSR count). The number of hydrogen-bond acceptors (Lipinski definition) is 0. The molecule has 0 unspecified atom stereocenters. The van der Waals surface area contributed by atoms with E-state index in [1.807, 2.05) is 0 Å². The molecule has 2 heteroatoms. The van der Waals surface area contributed by atoms with E-state index in [1.165, 1.54) is 66.8 Å². The Balaban J connectivity index is 0.00000208. The monoisotopic (exact) mass is 433 g/mol. The van der Waals surface area contributed by atoms with Crippen LogP contribution < -0.4 is 28.5 Å². The molecule has 0 saturated heterocycles. The maximum absolute atomic E-state index is 2.51. The average molecular weight is 433 g/mol. The molecule has 24 heavy (non-hydrogen) atoms. The zero-order chi connectivity index (χ0) is 15.9. The quantitative estimate of drug-likeness (QED) is 0.223. The van der Waals surface area contributed by atoms with Crippen molar-refractivity contribution < 1.29 is 28.5 Å². The molecule has 0 saturated carbocycles. The van der Waals surface area contributed by atoms with Gasteiger partial charge in [0.1, 0.15) is 6.54 Å². The van der Waals surface area contributed by atoms with Gasteiger partial charge in [0.05, 0.1) is 0 Å². The highest BCUT2D eigenvalue weighted by Gasteiger charge is 2.13. The van der Waals surface area contributed by atoms with E-state index in [-0.39, 0.29) is 24.0 Å². The highest BCUT2D eigenvalue weighted by Crippen LogP contribution is 2.18. The predicted octanol–water partition coefficient (Wildman–Crippen LogP) is 3.04. The Morgan fingerprint density at radius 1 is 0.667 bits per heavy atom. The van der Waals surface area contributed by atoms with E-state index in [0.717, 1.165) is 6.54 Å². The second-order valence-corrected chi connectivity index (χ2v) is 6.53. The lowest BCUT2D eigenvalue weighted by Crippen LogP contribution is -3.00. The van der Waals surface area contributed by atoms with Crippen molar-refractivity contribution in [3.05, 3.63) is 54.6 Å². The zero-order valence-electron chi connectivity index (χ0n) is 14.7. The SMILES string of the molecule is CCCCCCCCC[n+]1c2ccccc2cc2ccccc21.[I-]. The molecule has 2 aromatic carbocycles. The summed E-state index contributed by atoms with van der Waals surface area (Å²) in [6.45, 7) is 3.40. The third-order valence-corrected chi connectivity index (χ3v) is 4.75. The first-order valence-electron chi connectivity index (χ1n) is 9.20. The largest absolute Gasteiger partial charge is 1.00 e. The van der Waals surface area contributed by atoms with Crippen LogP contribution >= 0.6 is 0 Å². The number of halogens is 1. The van der Waals surface area contributed by atoms with Gasteiger partial charge in [-0.2, -0.15) is 4.57 Å². The van der Waals surface area contributed by atoms with Crippen LogP contribution in [0.3, 0.4) is 0 Å². The fourth-order valence-electron chi connectivity index (χ4n) is 3.48. The Morgan fingerprint density at radius 2 is 1.17 bits per heavy atom. The maximum Gasteiger partial charge on any atom is 0.212 e. The molecule has 3 aromatic rings. The number of rotatable bonds is 8. The molecule has 0 amide bonds. The van der Waals surface area contributed by atoms with Crippen molar-refractivity contribution in [2.75, 3.05) is 0 Å². The molecule has 0 bridgehead atoms. The lowest BCUT2D eigenvalue weighted by atomic mass is 10.1. The molecule has 0 aliphatic heterocycles. The maximum atomic E-state index is 2.51. The second-order valence-electron chi connectivity index (χ2n) is 6.53. The van der Waals surface area contributed by atoms with E-state index in [4.69, 9.17) is 0 Å². The van der Waals surface area contributed by atoms with Crippen LogP contribution in [0.2, 0.25) is 0 Å². The van der Waals surface area contributed by atoms with Gasteiger partial charge in [-0.15, -0.1) is 0 Å². The van der Waals surface area contributed by atoms with Gasteiger partial charge < -0.3 is 24.0 Å². The fraction of sp³-hybridized carbons (Fsp3) is 0.409. The van der Waals surface area contributed by atoms with E-state index in [1.54, 1.807) is 0 Å². The Kier molecular flexibility index (Phi) is 7.97. The molecule has 0 radical (unpaired) electrons. The van der Waals surface area contributed by atoms with Crippen LogP contribution in [-0.2, 0) is 6.54 Å². The molecule has 0 fully saturated rings. The molecule has 1 aromatic heterocycles. The normalized spacial score (nSPS) is 10.9. The van der Waals surface area contributed by atoms with Gasteiger partial charge in [-0.25, -0.2) is 0 Å². The van der Waals surface area contributed by atoms with Gasteiger partial charge in [0.25, 0.3) is 0 Å². The van der Waals surface area contributed by atoms with Gasteiger partial charge >= 0.3 is 0 Å². The number of aromatic nitrogens is 1. The number of fused-ring (bicyclic) bond motifs is 2. The van der Waals surface area contributed by atoms with Crippen molar-refractivity contribution in [2.24, 2.45) is 0 Å². The standard InChI is InChI=1S/C22H28N.HI/c1-2-3-4-5-6-7-12-17-23-21-15-10-8-13-19(21)18-20-14-9-11-16-22(20)23;/h8-11,13-16,18H,2-7,12,17H2,1H3;1H/q+1;/p-1. The Labute approximate surface area is 163 Å². The molecule has 1 nitrogen and oxygen atoms in total. The predicted molar refractivity (Wildman–Crippen MR) is 99.6 cm³/mol. The molecule has 0 aliphatic carbocycles. The number of nitrogens with zero attached hydrogens (tertiary/aromatic N) is 1. The lowest BCUT2D eigenvalue weighted by Gasteiger charge is -2.06. The molecule has 0 N–H and O–H groups in total. The van der Waals surface area contributed by atoms with Crippen LogP contribution in [0.25, 0.3) is 21.8 Å². The van der Waals surface area contributed by atoms with Crippen molar-refractivity contribution in [1.29, 1.82) is 0 Å². The number of hydrogen-bond donors (Lipinski definition) is 0. The summed E-state index contributed by atoms with van der Waals surface area (Å²) in [4.78, 5) is 0. The van der Waals surface area contributed by atoms with Gasteiger partial charge in [0, 0.05) is 29.3 Å². The number of pyridine rings is 1. The molecular weight excluding hydrogens is 405 g/mol. The van der Waals surface area contributed by atoms with E-state index in [0.29, 0.717) is 0 Å². The Bertz CT molecular complexity index is 712. The zero-order valence-corrected chi connectivity index (χ0v) is 16.8. The van der Waals surface area contributed by atoms with Crippen molar-refractivity contribution in [1.82, 2.24) is 0 Å². The minimum atomic E-state index is 0. The number of aryl methyl sites for hydroxylation is 1. The second kappa shape index (κ2) is 9.97. The van der Waals surface area contributed by atoms with Crippen LogP contribution in [0.4, 0.5) is 0 Å². The minimum Gasteiger partial charge on any atom is -1.00 e. The summed E-state index contributed by atoms with van der Waals surface area (Å²) in [5.74, 6) is 0.